The molecule has 0 amide bonds. The topological polar surface area (TPSA) is 53.7 Å². The quantitative estimate of drug-likeness (QED) is 0.798. The van der Waals surface area contributed by atoms with E-state index in [0.29, 0.717) is 31.3 Å². The predicted octanol–water partition coefficient (Wildman–Crippen LogP) is 3.23. The number of benzene rings is 2. The Balaban J connectivity index is 1.94. The molecule has 0 bridgehead atoms. The largest absolute Gasteiger partial charge is 0.493 e. The zero-order valence-corrected chi connectivity index (χ0v) is 13.4. The molecule has 0 radical (unpaired) electrons. The van der Waals surface area contributed by atoms with Gasteiger partial charge in [0.05, 0.1) is 7.11 Å². The summed E-state index contributed by atoms with van der Waals surface area (Å²) in [7, 11) is 1.62. The number of hydrogen-bond acceptors (Lipinski definition) is 4. The zero-order valence-electron chi connectivity index (χ0n) is 13.4. The van der Waals surface area contributed by atoms with Crippen LogP contribution < -0.4 is 19.9 Å². The van der Waals surface area contributed by atoms with E-state index in [-0.39, 0.29) is 0 Å². The highest BCUT2D eigenvalue weighted by atomic mass is 16.5. The van der Waals surface area contributed by atoms with Crippen LogP contribution in [0.1, 0.15) is 16.7 Å². The minimum Gasteiger partial charge on any atom is -0.493 e. The monoisotopic (exact) mass is 301 g/mol. The highest BCUT2D eigenvalue weighted by Crippen LogP contribution is 2.28. The Morgan fingerprint density at radius 2 is 1.59 bits per heavy atom. The van der Waals surface area contributed by atoms with Crippen LogP contribution in [0.25, 0.3) is 0 Å². The van der Waals surface area contributed by atoms with Crippen LogP contribution in [0, 0.1) is 13.8 Å². The Morgan fingerprint density at radius 1 is 0.909 bits per heavy atom. The lowest BCUT2D eigenvalue weighted by atomic mass is 10.1. The lowest BCUT2D eigenvalue weighted by molar-refractivity contribution is 0.209. The van der Waals surface area contributed by atoms with Crippen molar-refractivity contribution in [3.8, 4) is 17.2 Å². The number of rotatable bonds is 7. The molecule has 0 saturated carbocycles. The molecule has 2 aromatic carbocycles. The second-order valence-electron chi connectivity index (χ2n) is 5.11. The van der Waals surface area contributed by atoms with Crippen molar-refractivity contribution in [2.45, 2.75) is 20.4 Å². The van der Waals surface area contributed by atoms with Crippen molar-refractivity contribution in [3.63, 3.8) is 0 Å². The van der Waals surface area contributed by atoms with Crippen molar-refractivity contribution >= 4 is 0 Å². The van der Waals surface area contributed by atoms with E-state index in [1.165, 1.54) is 0 Å². The highest BCUT2D eigenvalue weighted by molar-refractivity contribution is 5.43. The van der Waals surface area contributed by atoms with Gasteiger partial charge < -0.3 is 19.9 Å². The van der Waals surface area contributed by atoms with Crippen molar-refractivity contribution in [1.29, 1.82) is 0 Å². The zero-order chi connectivity index (χ0) is 15.9. The van der Waals surface area contributed by atoms with Gasteiger partial charge in [-0.25, -0.2) is 0 Å². The van der Waals surface area contributed by atoms with E-state index in [1.54, 1.807) is 7.11 Å². The van der Waals surface area contributed by atoms with Crippen LogP contribution in [-0.2, 0) is 6.54 Å². The summed E-state index contributed by atoms with van der Waals surface area (Å²) in [4.78, 5) is 0. The first-order valence-corrected chi connectivity index (χ1v) is 7.34. The maximum atomic E-state index is 5.83. The smallest absolute Gasteiger partial charge is 0.161 e. The molecule has 4 heteroatoms. The molecule has 0 fully saturated rings. The van der Waals surface area contributed by atoms with Gasteiger partial charge in [0.1, 0.15) is 19.0 Å². The van der Waals surface area contributed by atoms with Crippen LogP contribution in [0.4, 0.5) is 0 Å². The van der Waals surface area contributed by atoms with Gasteiger partial charge >= 0.3 is 0 Å². The average molecular weight is 301 g/mol. The number of aryl methyl sites for hydroxylation is 2. The average Bonchev–Trinajstić information content (AvgIpc) is 2.53. The van der Waals surface area contributed by atoms with E-state index in [0.717, 1.165) is 22.4 Å². The van der Waals surface area contributed by atoms with Gasteiger partial charge in [0.2, 0.25) is 0 Å². The Hall–Kier alpha value is -2.20. The van der Waals surface area contributed by atoms with Gasteiger partial charge in [-0.15, -0.1) is 0 Å². The van der Waals surface area contributed by atoms with Gasteiger partial charge in [0.15, 0.2) is 11.5 Å². The van der Waals surface area contributed by atoms with Crippen molar-refractivity contribution in [2.75, 3.05) is 20.3 Å². The van der Waals surface area contributed by atoms with Crippen LogP contribution in [-0.4, -0.2) is 20.3 Å². The molecule has 0 aromatic heterocycles. The third-order valence-electron chi connectivity index (χ3n) is 3.46. The predicted molar refractivity (Wildman–Crippen MR) is 87.8 cm³/mol. The molecular formula is C18H23NO3. The van der Waals surface area contributed by atoms with Gasteiger partial charge in [-0.3, -0.25) is 0 Å². The molecule has 2 rings (SSSR count). The molecule has 0 aliphatic rings. The fourth-order valence-electron chi connectivity index (χ4n) is 2.28. The molecule has 4 nitrogen and oxygen atoms in total. The van der Waals surface area contributed by atoms with E-state index in [9.17, 15) is 0 Å². The van der Waals surface area contributed by atoms with Crippen molar-refractivity contribution < 1.29 is 14.2 Å². The normalized spacial score (nSPS) is 10.4. The van der Waals surface area contributed by atoms with Crippen LogP contribution in [0.3, 0.4) is 0 Å². The highest BCUT2D eigenvalue weighted by Gasteiger charge is 2.07. The summed E-state index contributed by atoms with van der Waals surface area (Å²) in [5.74, 6) is 2.31. The fraction of sp³-hybridized carbons (Fsp3) is 0.333. The first-order valence-electron chi connectivity index (χ1n) is 7.34. The SMILES string of the molecule is COc1ccc(CN)cc1OCCOc1c(C)cccc1C. The second kappa shape index (κ2) is 7.71. The van der Waals surface area contributed by atoms with Crippen molar-refractivity contribution in [2.24, 2.45) is 5.73 Å². The van der Waals surface area contributed by atoms with Crippen molar-refractivity contribution in [3.05, 3.63) is 53.1 Å². The maximum absolute atomic E-state index is 5.83. The number of methoxy groups -OCH3 is 1. The third-order valence-corrected chi connectivity index (χ3v) is 3.46. The molecule has 22 heavy (non-hydrogen) atoms. The molecule has 2 aromatic rings. The Bertz CT molecular complexity index is 605. The summed E-state index contributed by atoms with van der Waals surface area (Å²) in [6.07, 6.45) is 0. The van der Waals surface area contributed by atoms with Crippen LogP contribution in [0.15, 0.2) is 36.4 Å². The number of ether oxygens (including phenoxy) is 3. The van der Waals surface area contributed by atoms with E-state index in [1.807, 2.05) is 50.2 Å². The standard InChI is InChI=1S/C18H23NO3/c1-13-5-4-6-14(2)18(13)22-10-9-21-17-11-15(12-19)7-8-16(17)20-3/h4-8,11H,9-10,12,19H2,1-3H3. The molecule has 2 N–H and O–H groups in total. The van der Waals surface area contributed by atoms with Crippen LogP contribution >= 0.6 is 0 Å². The van der Waals surface area contributed by atoms with E-state index in [4.69, 9.17) is 19.9 Å². The lowest BCUT2D eigenvalue weighted by Gasteiger charge is -2.14. The van der Waals surface area contributed by atoms with Gasteiger partial charge in [-0.05, 0) is 42.7 Å². The minimum absolute atomic E-state index is 0.443. The second-order valence-corrected chi connectivity index (χ2v) is 5.11. The van der Waals surface area contributed by atoms with Gasteiger partial charge in [-0.2, -0.15) is 0 Å². The molecule has 0 aliphatic heterocycles. The van der Waals surface area contributed by atoms with E-state index in [2.05, 4.69) is 0 Å². The molecule has 0 spiro atoms. The molecule has 0 saturated heterocycles. The molecule has 0 atom stereocenters. The number of nitrogens with two attached hydrogens (primary N) is 1. The molecule has 0 unspecified atom stereocenters. The summed E-state index contributed by atoms with van der Waals surface area (Å²) in [5, 5.41) is 0. The van der Waals surface area contributed by atoms with Crippen molar-refractivity contribution in [1.82, 2.24) is 0 Å². The van der Waals surface area contributed by atoms with Crippen LogP contribution in [0.2, 0.25) is 0 Å². The Labute approximate surface area is 131 Å². The molecular weight excluding hydrogens is 278 g/mol. The number of para-hydroxylation sites is 1. The summed E-state index contributed by atoms with van der Waals surface area (Å²) in [5.41, 5.74) is 8.91. The van der Waals surface area contributed by atoms with E-state index < -0.39 is 0 Å². The first kappa shape index (κ1) is 16.2. The van der Waals surface area contributed by atoms with Gasteiger partial charge in [0, 0.05) is 6.54 Å². The third kappa shape index (κ3) is 3.92. The Morgan fingerprint density at radius 3 is 2.23 bits per heavy atom. The fourth-order valence-corrected chi connectivity index (χ4v) is 2.28. The summed E-state index contributed by atoms with van der Waals surface area (Å²) in [6, 6.07) is 11.8. The summed E-state index contributed by atoms with van der Waals surface area (Å²) < 4.78 is 16.9. The molecule has 0 heterocycles. The molecule has 0 aliphatic carbocycles. The summed E-state index contributed by atoms with van der Waals surface area (Å²) in [6.45, 7) is 5.47. The maximum Gasteiger partial charge on any atom is 0.161 e. The lowest BCUT2D eigenvalue weighted by Crippen LogP contribution is -2.11. The Kier molecular flexibility index (Phi) is 5.67. The number of hydrogen-bond donors (Lipinski definition) is 1. The van der Waals surface area contributed by atoms with E-state index >= 15 is 0 Å². The minimum atomic E-state index is 0.443. The molecule has 118 valence electrons. The summed E-state index contributed by atoms with van der Waals surface area (Å²) >= 11 is 0. The van der Waals surface area contributed by atoms with Gasteiger partial charge in [-0.1, -0.05) is 24.3 Å². The first-order chi connectivity index (χ1) is 10.7. The van der Waals surface area contributed by atoms with Crippen LogP contribution in [0.5, 0.6) is 17.2 Å². The van der Waals surface area contributed by atoms with Gasteiger partial charge in [0.25, 0.3) is 0 Å².